The lowest BCUT2D eigenvalue weighted by atomic mass is 9.92. The zero-order valence-corrected chi connectivity index (χ0v) is 8.16. The predicted molar refractivity (Wildman–Crippen MR) is 53.6 cm³/mol. The topological polar surface area (TPSA) is 24.7 Å². The van der Waals surface area contributed by atoms with Gasteiger partial charge in [-0.2, -0.15) is 10.2 Å². The zero-order valence-electron chi connectivity index (χ0n) is 8.16. The third-order valence-corrected chi connectivity index (χ3v) is 2.75. The fourth-order valence-corrected chi connectivity index (χ4v) is 1.92. The molecular weight excluding hydrogens is 160 g/mol. The average molecular weight is 176 g/mol. The van der Waals surface area contributed by atoms with E-state index in [2.05, 4.69) is 22.4 Å². The van der Waals surface area contributed by atoms with E-state index < -0.39 is 0 Å². The number of azo groups is 1. The summed E-state index contributed by atoms with van der Waals surface area (Å²) in [7, 11) is 0. The van der Waals surface area contributed by atoms with Gasteiger partial charge in [0.2, 0.25) is 0 Å². The van der Waals surface area contributed by atoms with Crippen LogP contribution in [0.3, 0.4) is 0 Å². The van der Waals surface area contributed by atoms with E-state index in [9.17, 15) is 0 Å². The van der Waals surface area contributed by atoms with Crippen LogP contribution < -0.4 is 0 Å². The molecule has 2 aliphatic rings. The van der Waals surface area contributed by atoms with Crippen LogP contribution in [0.4, 0.5) is 0 Å². The van der Waals surface area contributed by atoms with Crippen LogP contribution in [0.25, 0.3) is 0 Å². The Labute approximate surface area is 79.4 Å². The largest absolute Gasteiger partial charge is 0.181 e. The van der Waals surface area contributed by atoms with Crippen molar-refractivity contribution < 1.29 is 0 Å². The summed E-state index contributed by atoms with van der Waals surface area (Å²) in [6.45, 7) is 2.01. The molecule has 0 amide bonds. The van der Waals surface area contributed by atoms with Crippen LogP contribution in [0.2, 0.25) is 0 Å². The molecule has 0 aromatic carbocycles. The van der Waals surface area contributed by atoms with Crippen molar-refractivity contribution in [1.29, 1.82) is 0 Å². The van der Waals surface area contributed by atoms with Gasteiger partial charge in [-0.1, -0.05) is 12.2 Å². The van der Waals surface area contributed by atoms with E-state index >= 15 is 0 Å². The average Bonchev–Trinajstić information content (AvgIpc) is 2.20. The molecule has 0 fully saturated rings. The molecule has 1 unspecified atom stereocenters. The fraction of sp³-hybridized carbons (Fsp3) is 0.636. The maximum Gasteiger partial charge on any atom is 0.0957 e. The molecule has 0 spiro atoms. The number of hydrogen-bond acceptors (Lipinski definition) is 2. The van der Waals surface area contributed by atoms with Gasteiger partial charge in [-0.3, -0.25) is 0 Å². The summed E-state index contributed by atoms with van der Waals surface area (Å²) in [5.41, 5.74) is 2.58. The van der Waals surface area contributed by atoms with Gasteiger partial charge in [-0.25, -0.2) is 0 Å². The van der Waals surface area contributed by atoms with Gasteiger partial charge in [0.05, 0.1) is 11.7 Å². The van der Waals surface area contributed by atoms with Crippen LogP contribution >= 0.6 is 0 Å². The van der Waals surface area contributed by atoms with E-state index in [1.54, 1.807) is 0 Å². The number of allylic oxidation sites excluding steroid dienone is 2. The summed E-state index contributed by atoms with van der Waals surface area (Å²) in [4.78, 5) is 0. The van der Waals surface area contributed by atoms with Crippen molar-refractivity contribution in [2.24, 2.45) is 10.2 Å². The maximum absolute atomic E-state index is 4.32. The molecule has 1 heterocycles. The minimum atomic E-state index is 0.365. The predicted octanol–water partition coefficient (Wildman–Crippen LogP) is 3.62. The van der Waals surface area contributed by atoms with E-state index in [4.69, 9.17) is 0 Å². The third-order valence-electron chi connectivity index (χ3n) is 2.75. The Morgan fingerprint density at radius 3 is 2.85 bits per heavy atom. The van der Waals surface area contributed by atoms with Crippen LogP contribution in [0.1, 0.15) is 39.0 Å². The zero-order chi connectivity index (χ0) is 9.10. The molecule has 1 aliphatic carbocycles. The lowest BCUT2D eigenvalue weighted by Crippen LogP contribution is -2.11. The Bertz CT molecular complexity index is 274. The van der Waals surface area contributed by atoms with Crippen molar-refractivity contribution >= 4 is 0 Å². The van der Waals surface area contributed by atoms with Crippen molar-refractivity contribution in [2.75, 3.05) is 0 Å². The molecular formula is C11H16N2. The molecule has 0 saturated heterocycles. The summed E-state index contributed by atoms with van der Waals surface area (Å²) in [6.07, 6.45) is 10.8. The van der Waals surface area contributed by atoms with Gasteiger partial charge in [0.15, 0.2) is 0 Å². The van der Waals surface area contributed by atoms with Crippen molar-refractivity contribution in [3.63, 3.8) is 0 Å². The Kier molecular flexibility index (Phi) is 2.57. The molecule has 0 radical (unpaired) electrons. The van der Waals surface area contributed by atoms with Gasteiger partial charge in [-0.15, -0.1) is 0 Å². The van der Waals surface area contributed by atoms with Crippen molar-refractivity contribution in [1.82, 2.24) is 0 Å². The van der Waals surface area contributed by atoms with Gasteiger partial charge < -0.3 is 0 Å². The van der Waals surface area contributed by atoms with Crippen LogP contribution in [0.5, 0.6) is 0 Å². The van der Waals surface area contributed by atoms with Crippen LogP contribution in [-0.2, 0) is 0 Å². The minimum absolute atomic E-state index is 0.365. The second-order valence-corrected chi connectivity index (χ2v) is 3.84. The number of nitrogens with zero attached hydrogens (tertiary/aromatic N) is 2. The minimum Gasteiger partial charge on any atom is -0.181 e. The summed E-state index contributed by atoms with van der Waals surface area (Å²) >= 11 is 0. The van der Waals surface area contributed by atoms with Crippen LogP contribution in [0.15, 0.2) is 33.7 Å². The standard InChI is InChI=1S/C11H16N2/c1-9-7-8-11(13-12-9)10-5-3-2-4-6-10/h5,7,11H,2-4,6,8H2,1H3. The van der Waals surface area contributed by atoms with Gasteiger partial charge in [0.1, 0.15) is 0 Å². The molecule has 0 aromatic rings. The second-order valence-electron chi connectivity index (χ2n) is 3.84. The third kappa shape index (κ3) is 2.06. The Morgan fingerprint density at radius 2 is 2.23 bits per heavy atom. The van der Waals surface area contributed by atoms with Crippen LogP contribution in [-0.4, -0.2) is 6.04 Å². The van der Waals surface area contributed by atoms with Gasteiger partial charge in [0, 0.05) is 0 Å². The van der Waals surface area contributed by atoms with E-state index in [1.807, 2.05) is 6.92 Å². The van der Waals surface area contributed by atoms with E-state index in [0.717, 1.165) is 12.1 Å². The lowest BCUT2D eigenvalue weighted by molar-refractivity contribution is 0.610. The van der Waals surface area contributed by atoms with Crippen LogP contribution in [0, 0.1) is 0 Å². The highest BCUT2D eigenvalue weighted by molar-refractivity contribution is 5.17. The summed E-state index contributed by atoms with van der Waals surface area (Å²) < 4.78 is 0. The number of hydrogen-bond donors (Lipinski definition) is 0. The normalized spacial score (nSPS) is 28.2. The molecule has 1 atom stereocenters. The van der Waals surface area contributed by atoms with Gasteiger partial charge >= 0.3 is 0 Å². The van der Waals surface area contributed by atoms with Crippen molar-refractivity contribution in [3.05, 3.63) is 23.4 Å². The molecule has 13 heavy (non-hydrogen) atoms. The lowest BCUT2D eigenvalue weighted by Gasteiger charge is -2.19. The highest BCUT2D eigenvalue weighted by Gasteiger charge is 2.16. The van der Waals surface area contributed by atoms with Gasteiger partial charge in [-0.05, 0) is 44.6 Å². The molecule has 2 nitrogen and oxygen atoms in total. The van der Waals surface area contributed by atoms with E-state index in [0.29, 0.717) is 6.04 Å². The number of rotatable bonds is 1. The first kappa shape index (κ1) is 8.67. The first-order valence-electron chi connectivity index (χ1n) is 5.13. The van der Waals surface area contributed by atoms with E-state index in [-0.39, 0.29) is 0 Å². The summed E-state index contributed by atoms with van der Waals surface area (Å²) in [5, 5.41) is 8.45. The first-order valence-corrected chi connectivity index (χ1v) is 5.13. The molecule has 70 valence electrons. The molecule has 0 saturated carbocycles. The highest BCUT2D eigenvalue weighted by atomic mass is 15.1. The van der Waals surface area contributed by atoms with Crippen molar-refractivity contribution in [2.45, 2.75) is 45.1 Å². The quantitative estimate of drug-likeness (QED) is 0.545. The van der Waals surface area contributed by atoms with Crippen molar-refractivity contribution in [3.8, 4) is 0 Å². The summed E-state index contributed by atoms with van der Waals surface area (Å²) in [6, 6.07) is 0.365. The van der Waals surface area contributed by atoms with Gasteiger partial charge in [0.25, 0.3) is 0 Å². The second kappa shape index (κ2) is 3.86. The summed E-state index contributed by atoms with van der Waals surface area (Å²) in [5.74, 6) is 0. The molecule has 0 aromatic heterocycles. The SMILES string of the molecule is CC1=CCC(C2=CCCCC2)N=N1. The monoisotopic (exact) mass is 176 g/mol. The maximum atomic E-state index is 4.32. The Balaban J connectivity index is 2.03. The first-order chi connectivity index (χ1) is 6.36. The molecule has 1 aliphatic heterocycles. The highest BCUT2D eigenvalue weighted by Crippen LogP contribution is 2.26. The molecule has 0 bridgehead atoms. The molecule has 0 N–H and O–H groups in total. The Hall–Kier alpha value is -0.920. The molecule has 2 rings (SSSR count). The van der Waals surface area contributed by atoms with E-state index in [1.165, 1.54) is 31.3 Å². The Morgan fingerprint density at radius 1 is 1.31 bits per heavy atom. The fourth-order valence-electron chi connectivity index (χ4n) is 1.92. The molecule has 2 heteroatoms. The smallest absolute Gasteiger partial charge is 0.0957 e.